The summed E-state index contributed by atoms with van der Waals surface area (Å²) in [7, 11) is 1.52. The fourth-order valence-corrected chi connectivity index (χ4v) is 2.16. The van der Waals surface area contributed by atoms with Gasteiger partial charge in [-0.3, -0.25) is 0 Å². The van der Waals surface area contributed by atoms with Crippen molar-refractivity contribution >= 4 is 5.97 Å². The average molecular weight is 355 g/mol. The number of halogens is 2. The van der Waals surface area contributed by atoms with Gasteiger partial charge in [0.05, 0.1) is 18.8 Å². The van der Waals surface area contributed by atoms with E-state index in [1.165, 1.54) is 17.8 Å². The first-order valence-electron chi connectivity index (χ1n) is 7.41. The van der Waals surface area contributed by atoms with Crippen LogP contribution in [0, 0.1) is 11.6 Å². The third kappa shape index (κ3) is 4.28. The van der Waals surface area contributed by atoms with Crippen molar-refractivity contribution < 1.29 is 32.5 Å². The van der Waals surface area contributed by atoms with E-state index in [4.69, 9.17) is 18.9 Å². The standard InChI is InChI=1S/C15H15F2N3O5/c1-20-14(10-3-2-9(16)6-11(10)17)18-15(19-20)25-7-12(21)24-8-13-22-4-5-23-13/h2-3,6,13H,4-5,7-8H2,1H3. The molecule has 0 radical (unpaired) electrons. The molecule has 0 bridgehead atoms. The predicted molar refractivity (Wildman–Crippen MR) is 78.5 cm³/mol. The molecule has 1 fully saturated rings. The smallest absolute Gasteiger partial charge is 0.344 e. The molecule has 1 aromatic carbocycles. The van der Waals surface area contributed by atoms with Crippen molar-refractivity contribution in [1.82, 2.24) is 14.8 Å². The average Bonchev–Trinajstić information content (AvgIpc) is 3.21. The highest BCUT2D eigenvalue weighted by Crippen LogP contribution is 2.23. The Bertz CT molecular complexity index is 762. The van der Waals surface area contributed by atoms with Gasteiger partial charge < -0.3 is 18.9 Å². The predicted octanol–water partition coefficient (Wildman–Crippen LogP) is 1.06. The van der Waals surface area contributed by atoms with Gasteiger partial charge >= 0.3 is 12.0 Å². The number of carbonyl (C=O) groups is 1. The Hall–Kier alpha value is -2.59. The van der Waals surface area contributed by atoms with Gasteiger partial charge in [0, 0.05) is 13.1 Å². The number of aromatic nitrogens is 3. The molecule has 0 unspecified atom stereocenters. The summed E-state index contributed by atoms with van der Waals surface area (Å²) in [5, 5.41) is 3.93. The first-order valence-corrected chi connectivity index (χ1v) is 7.41. The first kappa shape index (κ1) is 17.2. The number of ether oxygens (including phenoxy) is 4. The van der Waals surface area contributed by atoms with E-state index >= 15 is 0 Å². The SMILES string of the molecule is Cn1nc(OCC(=O)OCC2OCCO2)nc1-c1ccc(F)cc1F. The van der Waals surface area contributed by atoms with Crippen molar-refractivity contribution in [2.75, 3.05) is 26.4 Å². The molecule has 0 aliphatic carbocycles. The Balaban J connectivity index is 1.57. The Morgan fingerprint density at radius 1 is 1.36 bits per heavy atom. The molecule has 0 amide bonds. The number of aryl methyl sites for hydroxylation is 1. The van der Waals surface area contributed by atoms with E-state index in [1.807, 2.05) is 0 Å². The van der Waals surface area contributed by atoms with Gasteiger partial charge in [0.15, 0.2) is 18.7 Å². The number of hydrogen-bond acceptors (Lipinski definition) is 7. The Morgan fingerprint density at radius 3 is 2.84 bits per heavy atom. The summed E-state index contributed by atoms with van der Waals surface area (Å²) >= 11 is 0. The monoisotopic (exact) mass is 355 g/mol. The van der Waals surface area contributed by atoms with E-state index in [9.17, 15) is 13.6 Å². The molecule has 2 aromatic rings. The number of esters is 1. The minimum absolute atomic E-state index is 0.0378. The van der Waals surface area contributed by atoms with Crippen LogP contribution in [-0.2, 0) is 26.1 Å². The number of hydrogen-bond donors (Lipinski definition) is 0. The quantitative estimate of drug-likeness (QED) is 0.716. The highest BCUT2D eigenvalue weighted by molar-refractivity contribution is 5.71. The molecule has 1 aromatic heterocycles. The lowest BCUT2D eigenvalue weighted by atomic mass is 10.2. The van der Waals surface area contributed by atoms with E-state index in [2.05, 4.69) is 10.1 Å². The summed E-state index contributed by atoms with van der Waals surface area (Å²) in [6, 6.07) is 2.97. The van der Waals surface area contributed by atoms with Crippen LogP contribution in [0.3, 0.4) is 0 Å². The molecule has 1 aliphatic rings. The molecule has 2 heterocycles. The van der Waals surface area contributed by atoms with Crippen LogP contribution in [-0.4, -0.2) is 53.5 Å². The van der Waals surface area contributed by atoms with Gasteiger partial charge in [-0.15, -0.1) is 5.10 Å². The van der Waals surface area contributed by atoms with Crippen LogP contribution in [0.1, 0.15) is 0 Å². The minimum atomic E-state index is -0.780. The van der Waals surface area contributed by atoms with Gasteiger partial charge in [0.1, 0.15) is 18.2 Å². The van der Waals surface area contributed by atoms with E-state index in [1.54, 1.807) is 0 Å². The summed E-state index contributed by atoms with van der Waals surface area (Å²) in [6.45, 7) is 0.449. The number of nitrogens with zero attached hydrogens (tertiary/aromatic N) is 3. The van der Waals surface area contributed by atoms with Gasteiger partial charge in [0.25, 0.3) is 0 Å². The van der Waals surface area contributed by atoms with Crippen LogP contribution >= 0.6 is 0 Å². The van der Waals surface area contributed by atoms with Gasteiger partial charge in [-0.05, 0) is 12.1 Å². The van der Waals surface area contributed by atoms with Crippen molar-refractivity contribution in [2.24, 2.45) is 7.05 Å². The molecule has 25 heavy (non-hydrogen) atoms. The van der Waals surface area contributed by atoms with Crippen LogP contribution in [0.4, 0.5) is 8.78 Å². The van der Waals surface area contributed by atoms with Crippen LogP contribution in [0.5, 0.6) is 6.01 Å². The van der Waals surface area contributed by atoms with Gasteiger partial charge in [0.2, 0.25) is 0 Å². The number of rotatable bonds is 6. The highest BCUT2D eigenvalue weighted by Gasteiger charge is 2.19. The van der Waals surface area contributed by atoms with E-state index in [0.717, 1.165) is 12.1 Å². The number of benzene rings is 1. The van der Waals surface area contributed by atoms with Crippen molar-refractivity contribution in [3.63, 3.8) is 0 Å². The zero-order chi connectivity index (χ0) is 17.8. The van der Waals surface area contributed by atoms with Gasteiger partial charge in [-0.25, -0.2) is 18.3 Å². The van der Waals surface area contributed by atoms with Crippen LogP contribution < -0.4 is 4.74 Å². The van der Waals surface area contributed by atoms with Crippen molar-refractivity contribution in [3.8, 4) is 17.4 Å². The molecule has 0 atom stereocenters. The summed E-state index contributed by atoms with van der Waals surface area (Å²) in [6.07, 6.45) is -0.565. The molecule has 8 nitrogen and oxygen atoms in total. The van der Waals surface area contributed by atoms with Crippen molar-refractivity contribution in [3.05, 3.63) is 29.8 Å². The normalized spacial score (nSPS) is 14.7. The molecule has 1 aliphatic heterocycles. The molecule has 0 saturated carbocycles. The molecule has 1 saturated heterocycles. The summed E-state index contributed by atoms with van der Waals surface area (Å²) in [5.74, 6) is -1.99. The van der Waals surface area contributed by atoms with Crippen molar-refractivity contribution in [2.45, 2.75) is 6.29 Å². The number of carbonyl (C=O) groups excluding carboxylic acids is 1. The third-order valence-corrected chi connectivity index (χ3v) is 3.31. The molecular formula is C15H15F2N3O5. The molecule has 0 N–H and O–H groups in total. The van der Waals surface area contributed by atoms with Crippen LogP contribution in [0.2, 0.25) is 0 Å². The summed E-state index contributed by atoms with van der Waals surface area (Å²) in [4.78, 5) is 15.6. The lowest BCUT2D eigenvalue weighted by Crippen LogP contribution is -2.23. The second-order valence-corrected chi connectivity index (χ2v) is 5.11. The Morgan fingerprint density at radius 2 is 2.12 bits per heavy atom. The maximum Gasteiger partial charge on any atom is 0.344 e. The van der Waals surface area contributed by atoms with E-state index in [-0.39, 0.29) is 24.0 Å². The molecule has 10 heteroatoms. The van der Waals surface area contributed by atoms with Gasteiger partial charge in [-0.1, -0.05) is 0 Å². The molecule has 3 rings (SSSR count). The second kappa shape index (κ2) is 7.53. The van der Waals surface area contributed by atoms with Gasteiger partial charge in [-0.2, -0.15) is 4.98 Å². The fraction of sp³-hybridized carbons (Fsp3) is 0.400. The van der Waals surface area contributed by atoms with Crippen molar-refractivity contribution in [1.29, 1.82) is 0 Å². The second-order valence-electron chi connectivity index (χ2n) is 5.11. The summed E-state index contributed by atoms with van der Waals surface area (Å²) < 4.78 is 48.4. The Labute approximate surface area is 141 Å². The zero-order valence-corrected chi connectivity index (χ0v) is 13.3. The fourth-order valence-electron chi connectivity index (χ4n) is 2.16. The van der Waals surface area contributed by atoms with Crippen LogP contribution in [0.25, 0.3) is 11.4 Å². The maximum atomic E-state index is 13.8. The van der Waals surface area contributed by atoms with E-state index in [0.29, 0.717) is 13.2 Å². The van der Waals surface area contributed by atoms with Crippen LogP contribution in [0.15, 0.2) is 18.2 Å². The maximum absolute atomic E-state index is 13.8. The Kier molecular flexibility index (Phi) is 5.19. The topological polar surface area (TPSA) is 84.7 Å². The lowest BCUT2D eigenvalue weighted by Gasteiger charge is -2.09. The highest BCUT2D eigenvalue weighted by atomic mass is 19.1. The molecule has 134 valence electrons. The largest absolute Gasteiger partial charge is 0.458 e. The molecular weight excluding hydrogens is 340 g/mol. The molecule has 0 spiro atoms. The first-order chi connectivity index (χ1) is 12.0. The zero-order valence-electron chi connectivity index (χ0n) is 13.3. The summed E-state index contributed by atoms with van der Waals surface area (Å²) in [5.41, 5.74) is 0.0596. The van der Waals surface area contributed by atoms with E-state index < -0.39 is 30.5 Å². The third-order valence-electron chi connectivity index (χ3n) is 3.31. The minimum Gasteiger partial charge on any atom is -0.458 e. The lowest BCUT2D eigenvalue weighted by molar-refractivity contribution is -0.158.